The Morgan fingerprint density at radius 3 is 2.20 bits per heavy atom. The number of aryl methyl sites for hydroxylation is 1. The van der Waals surface area contributed by atoms with Crippen molar-refractivity contribution in [3.63, 3.8) is 0 Å². The number of carbonyl (C=O) groups excluding carboxylic acids is 1. The molecule has 0 spiro atoms. The first kappa shape index (κ1) is 28.9. The maximum absolute atomic E-state index is 11.4. The van der Waals surface area contributed by atoms with Gasteiger partial charge in [-0.05, 0) is 60.6 Å². The number of aromatic nitrogens is 4. The van der Waals surface area contributed by atoms with Crippen LogP contribution in [0.1, 0.15) is 70.6 Å². The standard InChI is InChI=1S/C21H19N3O2.C16H18N2O2/c22-21(26)13-6-7-14-12(9-13)5-8-17(20(14)25)19-16-4-2-1-3-15(16)18-10-23-11-24(18)19;1-16(19)6-7-20-9-13(16)15-12-5-3-2-4-11(12)14-8-17-10-18(14)15/h1-4,6-7,9-11,17,19-20,25H,5,8H2,(H2,22,26);2-5,8,10,13,15,19H,6-7,9H2,1H3. The summed E-state index contributed by atoms with van der Waals surface area (Å²) in [4.78, 5) is 20.0. The molecule has 1 amide bonds. The quantitative estimate of drug-likeness (QED) is 0.260. The van der Waals surface area contributed by atoms with E-state index in [1.165, 1.54) is 22.3 Å². The first-order valence-corrected chi connectivity index (χ1v) is 16.0. The molecule has 1 fully saturated rings. The zero-order valence-corrected chi connectivity index (χ0v) is 25.7. The van der Waals surface area contributed by atoms with Gasteiger partial charge in [-0.25, -0.2) is 9.97 Å². The highest BCUT2D eigenvalue weighted by molar-refractivity contribution is 5.93. The van der Waals surface area contributed by atoms with Crippen molar-refractivity contribution >= 4 is 5.91 Å². The second-order valence-corrected chi connectivity index (χ2v) is 13.2. The second kappa shape index (κ2) is 11.0. The number of primary amides is 1. The third-order valence-electron chi connectivity index (χ3n) is 10.6. The number of nitrogens with two attached hydrogens (primary N) is 1. The molecule has 3 aliphatic heterocycles. The minimum Gasteiger partial charge on any atom is -0.390 e. The normalized spacial score (nSPS) is 27.0. The molecule has 4 aliphatic rings. The van der Waals surface area contributed by atoms with Crippen LogP contribution < -0.4 is 5.73 Å². The topological polar surface area (TPSA) is 128 Å². The molecule has 3 aromatic carbocycles. The first-order valence-electron chi connectivity index (χ1n) is 16.0. The van der Waals surface area contributed by atoms with Gasteiger partial charge < -0.3 is 29.8 Å². The van der Waals surface area contributed by atoms with Gasteiger partial charge in [0.2, 0.25) is 5.91 Å². The molecule has 1 aliphatic carbocycles. The van der Waals surface area contributed by atoms with E-state index in [4.69, 9.17) is 10.5 Å². The molecule has 9 heteroatoms. The molecular formula is C37H37N5O4. The molecule has 1 saturated heterocycles. The monoisotopic (exact) mass is 615 g/mol. The fourth-order valence-corrected chi connectivity index (χ4v) is 8.18. The van der Waals surface area contributed by atoms with Crippen LogP contribution in [0.15, 0.2) is 91.8 Å². The van der Waals surface area contributed by atoms with Gasteiger partial charge in [0.15, 0.2) is 0 Å². The lowest BCUT2D eigenvalue weighted by Crippen LogP contribution is -2.46. The zero-order chi connectivity index (χ0) is 31.6. The number of amides is 1. The number of rotatable bonds is 3. The molecule has 9 nitrogen and oxygen atoms in total. The Balaban J connectivity index is 0.000000140. The number of nitrogens with zero attached hydrogens (tertiary/aromatic N) is 4. The van der Waals surface area contributed by atoms with E-state index in [9.17, 15) is 15.0 Å². The zero-order valence-electron chi connectivity index (χ0n) is 25.7. The van der Waals surface area contributed by atoms with Crippen LogP contribution in [0.25, 0.3) is 22.5 Å². The molecule has 6 atom stereocenters. The van der Waals surface area contributed by atoms with Crippen molar-refractivity contribution in [2.24, 2.45) is 17.6 Å². The Hall–Kier alpha value is -4.57. The smallest absolute Gasteiger partial charge is 0.248 e. The molecule has 0 saturated carbocycles. The summed E-state index contributed by atoms with van der Waals surface area (Å²) in [5.41, 5.74) is 14.3. The van der Waals surface area contributed by atoms with Crippen molar-refractivity contribution in [1.29, 1.82) is 0 Å². The minimum atomic E-state index is -0.706. The van der Waals surface area contributed by atoms with Crippen LogP contribution in [-0.4, -0.2) is 54.0 Å². The first-order chi connectivity index (χ1) is 22.3. The van der Waals surface area contributed by atoms with Crippen LogP contribution in [0, 0.1) is 11.8 Å². The lowest BCUT2D eigenvalue weighted by molar-refractivity contribution is -0.112. The van der Waals surface area contributed by atoms with Crippen LogP contribution in [0.5, 0.6) is 0 Å². The van der Waals surface area contributed by atoms with Gasteiger partial charge in [-0.15, -0.1) is 0 Å². The number of hydrogen-bond acceptors (Lipinski definition) is 6. The molecule has 46 heavy (non-hydrogen) atoms. The van der Waals surface area contributed by atoms with E-state index in [1.807, 2.05) is 62.3 Å². The highest BCUT2D eigenvalue weighted by Gasteiger charge is 2.45. The number of fused-ring (bicyclic) bond motifs is 7. The van der Waals surface area contributed by atoms with Crippen molar-refractivity contribution in [2.75, 3.05) is 13.2 Å². The summed E-state index contributed by atoms with van der Waals surface area (Å²) < 4.78 is 10.0. The van der Waals surface area contributed by atoms with Crippen LogP contribution >= 0.6 is 0 Å². The van der Waals surface area contributed by atoms with Gasteiger partial charge in [0.25, 0.3) is 0 Å². The average Bonchev–Trinajstić information content (AvgIpc) is 3.84. The molecule has 6 unspecified atom stereocenters. The average molecular weight is 616 g/mol. The number of ether oxygens (including phenoxy) is 1. The molecule has 2 aromatic heterocycles. The van der Waals surface area contributed by atoms with E-state index in [-0.39, 0.29) is 23.9 Å². The summed E-state index contributed by atoms with van der Waals surface area (Å²) in [6.07, 6.45) is 9.27. The SMILES string of the molecule is CC1(O)CCOCC1C1c2ccccc2-c2cncn21.NC(=O)c1ccc2c(c1)CCC(C1c3ccccc3-c3cncn31)C2O. The van der Waals surface area contributed by atoms with Gasteiger partial charge in [0.05, 0.1) is 66.8 Å². The highest BCUT2D eigenvalue weighted by Crippen LogP contribution is 2.50. The summed E-state index contributed by atoms with van der Waals surface area (Å²) in [5.74, 6) is -0.330. The molecule has 234 valence electrons. The lowest BCUT2D eigenvalue weighted by atomic mass is 9.75. The maximum atomic E-state index is 11.4. The Kier molecular flexibility index (Phi) is 6.93. The van der Waals surface area contributed by atoms with Gasteiger partial charge in [-0.3, -0.25) is 4.79 Å². The predicted octanol–water partition coefficient (Wildman–Crippen LogP) is 5.09. The van der Waals surface area contributed by atoms with E-state index in [0.717, 1.165) is 35.4 Å². The van der Waals surface area contributed by atoms with Gasteiger partial charge in [0, 0.05) is 35.1 Å². The van der Waals surface area contributed by atoms with Crippen LogP contribution in [-0.2, 0) is 11.2 Å². The third kappa shape index (κ3) is 4.53. The number of aliphatic hydroxyl groups excluding tert-OH is 1. The number of carbonyl (C=O) groups is 1. The lowest BCUT2D eigenvalue weighted by Gasteiger charge is -2.41. The third-order valence-corrected chi connectivity index (χ3v) is 10.6. The Morgan fingerprint density at radius 1 is 0.913 bits per heavy atom. The Bertz CT molecular complexity index is 1940. The molecule has 5 heterocycles. The van der Waals surface area contributed by atoms with Crippen molar-refractivity contribution < 1.29 is 19.7 Å². The fraction of sp³-hybridized carbons (Fsp3) is 0.324. The van der Waals surface area contributed by atoms with E-state index in [0.29, 0.717) is 25.2 Å². The van der Waals surface area contributed by atoms with Crippen LogP contribution in [0.2, 0.25) is 0 Å². The number of imidazole rings is 2. The van der Waals surface area contributed by atoms with E-state index < -0.39 is 17.6 Å². The predicted molar refractivity (Wildman–Crippen MR) is 173 cm³/mol. The Labute approximate surface area is 267 Å². The highest BCUT2D eigenvalue weighted by atomic mass is 16.5. The maximum Gasteiger partial charge on any atom is 0.248 e. The second-order valence-electron chi connectivity index (χ2n) is 13.2. The molecular weight excluding hydrogens is 578 g/mol. The molecule has 5 aromatic rings. The minimum absolute atomic E-state index is 0.0489. The van der Waals surface area contributed by atoms with Crippen molar-refractivity contribution in [3.05, 3.63) is 120 Å². The van der Waals surface area contributed by atoms with E-state index >= 15 is 0 Å². The largest absolute Gasteiger partial charge is 0.390 e. The van der Waals surface area contributed by atoms with Crippen molar-refractivity contribution in [3.8, 4) is 22.5 Å². The Morgan fingerprint density at radius 2 is 1.54 bits per heavy atom. The van der Waals surface area contributed by atoms with E-state index in [2.05, 4.69) is 49.4 Å². The van der Waals surface area contributed by atoms with Crippen LogP contribution in [0.3, 0.4) is 0 Å². The number of hydrogen-bond donors (Lipinski definition) is 3. The molecule has 4 N–H and O–H groups in total. The summed E-state index contributed by atoms with van der Waals surface area (Å²) in [6, 6.07) is 22.3. The summed E-state index contributed by atoms with van der Waals surface area (Å²) >= 11 is 0. The van der Waals surface area contributed by atoms with E-state index in [1.54, 1.807) is 6.07 Å². The fourth-order valence-electron chi connectivity index (χ4n) is 8.18. The van der Waals surface area contributed by atoms with Crippen molar-refractivity contribution in [2.45, 2.75) is 50.0 Å². The number of benzene rings is 3. The number of aliphatic hydroxyl groups is 2. The molecule has 0 bridgehead atoms. The molecule has 9 rings (SSSR count). The van der Waals surface area contributed by atoms with Crippen LogP contribution in [0.4, 0.5) is 0 Å². The van der Waals surface area contributed by atoms with Crippen molar-refractivity contribution in [1.82, 2.24) is 19.1 Å². The summed E-state index contributed by atoms with van der Waals surface area (Å²) in [6.45, 7) is 3.15. The van der Waals surface area contributed by atoms with Gasteiger partial charge in [0.1, 0.15) is 0 Å². The van der Waals surface area contributed by atoms with Gasteiger partial charge >= 0.3 is 0 Å². The van der Waals surface area contributed by atoms with Gasteiger partial charge in [-0.2, -0.15) is 0 Å². The summed E-state index contributed by atoms with van der Waals surface area (Å²) in [7, 11) is 0. The van der Waals surface area contributed by atoms with Gasteiger partial charge in [-0.1, -0.05) is 54.6 Å². The molecule has 0 radical (unpaired) electrons. The summed E-state index contributed by atoms with van der Waals surface area (Å²) in [5, 5.41) is 21.9.